The third-order valence-corrected chi connectivity index (χ3v) is 5.20. The molecule has 24 heavy (non-hydrogen) atoms. The highest BCUT2D eigenvalue weighted by Crippen LogP contribution is 2.40. The number of allylic oxidation sites excluding steroid dienone is 2. The van der Waals surface area contributed by atoms with Crippen molar-refractivity contribution in [1.29, 1.82) is 0 Å². The van der Waals surface area contributed by atoms with Crippen LogP contribution in [-0.4, -0.2) is 26.3 Å². The molecule has 6 heteroatoms. The third kappa shape index (κ3) is 2.55. The first-order valence-corrected chi connectivity index (χ1v) is 9.35. The summed E-state index contributed by atoms with van der Waals surface area (Å²) in [5, 5.41) is 8.78. The van der Waals surface area contributed by atoms with E-state index in [0.717, 1.165) is 46.5 Å². The summed E-state index contributed by atoms with van der Waals surface area (Å²) in [5.41, 5.74) is 4.16. The summed E-state index contributed by atoms with van der Waals surface area (Å²) in [5.74, 6) is 1.89. The fraction of sp³-hybridized carbons (Fsp3) is 0.389. The van der Waals surface area contributed by atoms with Crippen molar-refractivity contribution in [3.05, 3.63) is 46.7 Å². The molecule has 1 aromatic carbocycles. The average Bonchev–Trinajstić information content (AvgIpc) is 2.95. The summed E-state index contributed by atoms with van der Waals surface area (Å²) < 4.78 is 1.88. The van der Waals surface area contributed by atoms with Gasteiger partial charge >= 0.3 is 0 Å². The highest BCUT2D eigenvalue weighted by atomic mass is 32.2. The summed E-state index contributed by atoms with van der Waals surface area (Å²) in [6, 6.07) is 8.15. The van der Waals surface area contributed by atoms with Crippen molar-refractivity contribution in [3.8, 4) is 0 Å². The quantitative estimate of drug-likeness (QED) is 0.863. The smallest absolute Gasteiger partial charge is 0.227 e. The van der Waals surface area contributed by atoms with Gasteiger partial charge in [-0.3, -0.25) is 4.79 Å². The Labute approximate surface area is 145 Å². The van der Waals surface area contributed by atoms with E-state index < -0.39 is 0 Å². The summed E-state index contributed by atoms with van der Waals surface area (Å²) in [7, 11) is 0. The van der Waals surface area contributed by atoms with Gasteiger partial charge in [-0.05, 0) is 31.1 Å². The number of thioether (sulfide) groups is 1. The number of nitrogens with one attached hydrogen (secondary N) is 1. The molecule has 1 aromatic heterocycles. The number of anilines is 1. The van der Waals surface area contributed by atoms with Crippen molar-refractivity contribution >= 4 is 23.5 Å². The van der Waals surface area contributed by atoms with Crippen molar-refractivity contribution in [1.82, 2.24) is 14.8 Å². The minimum atomic E-state index is -0.178. The van der Waals surface area contributed by atoms with E-state index in [-0.39, 0.29) is 11.8 Å². The fourth-order valence-electron chi connectivity index (χ4n) is 3.48. The van der Waals surface area contributed by atoms with Crippen molar-refractivity contribution in [3.63, 3.8) is 0 Å². The van der Waals surface area contributed by atoms with Crippen LogP contribution in [0.15, 0.2) is 40.7 Å². The molecule has 1 aliphatic carbocycles. The fourth-order valence-corrected chi connectivity index (χ4v) is 4.03. The lowest BCUT2D eigenvalue weighted by atomic mass is 9.85. The highest BCUT2D eigenvalue weighted by molar-refractivity contribution is 7.99. The second-order valence-electron chi connectivity index (χ2n) is 6.21. The van der Waals surface area contributed by atoms with Crippen LogP contribution in [0.4, 0.5) is 5.95 Å². The van der Waals surface area contributed by atoms with Crippen molar-refractivity contribution in [2.75, 3.05) is 11.1 Å². The zero-order valence-electron chi connectivity index (χ0n) is 13.9. The Kier molecular flexibility index (Phi) is 3.92. The number of fused-ring (bicyclic) bond motifs is 1. The topological polar surface area (TPSA) is 59.8 Å². The average molecular weight is 340 g/mol. The van der Waals surface area contributed by atoms with Gasteiger partial charge in [-0.25, -0.2) is 4.68 Å². The van der Waals surface area contributed by atoms with Gasteiger partial charge in [-0.15, -0.1) is 5.10 Å². The van der Waals surface area contributed by atoms with Gasteiger partial charge in [-0.1, -0.05) is 48.5 Å². The zero-order valence-corrected chi connectivity index (χ0v) is 14.7. The molecule has 5 nitrogen and oxygen atoms in total. The largest absolute Gasteiger partial charge is 0.328 e. The molecular formula is C18H20N4OS. The van der Waals surface area contributed by atoms with Gasteiger partial charge in [0.1, 0.15) is 6.04 Å². The van der Waals surface area contributed by atoms with Crippen LogP contribution in [-0.2, 0) is 4.79 Å². The molecule has 0 bridgehead atoms. The Morgan fingerprint density at radius 2 is 2.25 bits per heavy atom. The molecule has 124 valence electrons. The molecule has 1 aliphatic heterocycles. The second-order valence-corrected chi connectivity index (χ2v) is 7.44. The summed E-state index contributed by atoms with van der Waals surface area (Å²) in [6.07, 6.45) is 2.41. The molecule has 0 spiro atoms. The van der Waals surface area contributed by atoms with Crippen LogP contribution in [0.25, 0.3) is 0 Å². The molecule has 2 heterocycles. The van der Waals surface area contributed by atoms with Crippen LogP contribution in [0.3, 0.4) is 0 Å². The van der Waals surface area contributed by atoms with E-state index in [0.29, 0.717) is 6.42 Å². The maximum Gasteiger partial charge on any atom is 0.227 e. The number of benzene rings is 1. The van der Waals surface area contributed by atoms with Gasteiger partial charge in [0.05, 0.1) is 0 Å². The van der Waals surface area contributed by atoms with Crippen molar-refractivity contribution in [2.24, 2.45) is 0 Å². The third-order valence-electron chi connectivity index (χ3n) is 4.48. The van der Waals surface area contributed by atoms with Crippen LogP contribution < -0.4 is 5.32 Å². The Hall–Kier alpha value is -2.08. The number of hydrogen-bond donors (Lipinski definition) is 1. The number of Topliss-reactive ketones (excluding diaryl/α,β-unsaturated/α-hetero) is 1. The lowest BCUT2D eigenvalue weighted by Gasteiger charge is -2.32. The number of carbonyl (C=O) groups excluding carboxylic acids is 1. The van der Waals surface area contributed by atoms with E-state index in [9.17, 15) is 4.79 Å². The standard InChI is InChI=1S/C18H20N4OS/c1-3-24-18-20-17-19-13-8-5-9-14(23)15(13)16(22(17)21-18)12-7-4-6-11(2)10-12/h4,6-7,10,16H,3,5,8-9H2,1-2H3,(H,19,20,21). The number of aromatic nitrogens is 3. The Morgan fingerprint density at radius 1 is 1.38 bits per heavy atom. The van der Waals surface area contributed by atoms with E-state index in [1.807, 2.05) is 10.7 Å². The van der Waals surface area contributed by atoms with E-state index in [1.54, 1.807) is 11.8 Å². The Bertz CT molecular complexity index is 839. The summed E-state index contributed by atoms with van der Waals surface area (Å²) >= 11 is 1.62. The molecule has 0 fully saturated rings. The maximum absolute atomic E-state index is 12.7. The van der Waals surface area contributed by atoms with E-state index in [1.165, 1.54) is 5.56 Å². The van der Waals surface area contributed by atoms with Gasteiger partial charge in [0.2, 0.25) is 11.1 Å². The van der Waals surface area contributed by atoms with Gasteiger partial charge in [0.25, 0.3) is 0 Å². The summed E-state index contributed by atoms with van der Waals surface area (Å²) in [6.45, 7) is 4.16. The first-order valence-electron chi connectivity index (χ1n) is 8.36. The monoisotopic (exact) mass is 340 g/mol. The van der Waals surface area contributed by atoms with Crippen LogP contribution in [0.1, 0.15) is 43.4 Å². The van der Waals surface area contributed by atoms with E-state index in [4.69, 9.17) is 0 Å². The molecule has 1 unspecified atom stereocenters. The number of rotatable bonds is 3. The Morgan fingerprint density at radius 3 is 3.04 bits per heavy atom. The predicted molar refractivity (Wildman–Crippen MR) is 95.2 cm³/mol. The molecule has 0 radical (unpaired) electrons. The molecule has 4 rings (SSSR count). The summed E-state index contributed by atoms with van der Waals surface area (Å²) in [4.78, 5) is 17.3. The highest BCUT2D eigenvalue weighted by Gasteiger charge is 2.36. The van der Waals surface area contributed by atoms with Crippen molar-refractivity contribution in [2.45, 2.75) is 44.3 Å². The SMILES string of the molecule is CCSc1nc2n(n1)C(c1cccc(C)c1)C1=C(CCCC1=O)N2. The lowest BCUT2D eigenvalue weighted by molar-refractivity contribution is -0.116. The number of hydrogen-bond acceptors (Lipinski definition) is 5. The minimum absolute atomic E-state index is 0.178. The molecule has 0 saturated carbocycles. The van der Waals surface area contributed by atoms with Crippen LogP contribution in [0, 0.1) is 6.92 Å². The molecule has 0 amide bonds. The molecule has 2 aromatic rings. The predicted octanol–water partition coefficient (Wildman–Crippen LogP) is 3.72. The van der Waals surface area contributed by atoms with Crippen LogP contribution >= 0.6 is 11.8 Å². The van der Waals surface area contributed by atoms with E-state index in [2.05, 4.69) is 47.4 Å². The first-order chi connectivity index (χ1) is 11.7. The minimum Gasteiger partial charge on any atom is -0.328 e. The number of nitrogens with zero attached hydrogens (tertiary/aromatic N) is 3. The second kappa shape index (κ2) is 6.09. The maximum atomic E-state index is 12.7. The van der Waals surface area contributed by atoms with Gasteiger partial charge in [-0.2, -0.15) is 4.98 Å². The van der Waals surface area contributed by atoms with Crippen LogP contribution in [0.2, 0.25) is 0 Å². The van der Waals surface area contributed by atoms with Crippen LogP contribution in [0.5, 0.6) is 0 Å². The normalized spacial score (nSPS) is 19.8. The zero-order chi connectivity index (χ0) is 16.7. The van der Waals surface area contributed by atoms with Gasteiger partial charge in [0, 0.05) is 17.7 Å². The Balaban J connectivity index is 1.88. The lowest BCUT2D eigenvalue weighted by Crippen LogP contribution is -2.31. The number of aryl methyl sites for hydroxylation is 1. The molecule has 1 atom stereocenters. The van der Waals surface area contributed by atoms with Gasteiger partial charge < -0.3 is 5.32 Å². The molecular weight excluding hydrogens is 320 g/mol. The molecule has 0 saturated heterocycles. The number of ketones is 1. The number of carbonyl (C=O) groups is 1. The first kappa shape index (κ1) is 15.4. The van der Waals surface area contributed by atoms with Crippen molar-refractivity contribution < 1.29 is 4.79 Å². The van der Waals surface area contributed by atoms with E-state index >= 15 is 0 Å². The molecule has 1 N–H and O–H groups in total. The molecule has 2 aliphatic rings. The van der Waals surface area contributed by atoms with Gasteiger partial charge in [0.15, 0.2) is 5.78 Å².